The number of thioether (sulfide) groups is 1. The number of sulfonamides is 1. The summed E-state index contributed by atoms with van der Waals surface area (Å²) in [5.41, 5.74) is 6.02. The van der Waals surface area contributed by atoms with E-state index < -0.39 is 10.0 Å². The number of nitrogen functional groups attached to an aromatic ring is 1. The Morgan fingerprint density at radius 1 is 1.48 bits per heavy atom. The Morgan fingerprint density at radius 3 is 2.95 bits per heavy atom. The number of rotatable bonds is 7. The second kappa shape index (κ2) is 7.00. The van der Waals surface area contributed by atoms with Gasteiger partial charge < -0.3 is 10.5 Å². The number of hydrogen-bond donors (Lipinski definition) is 2. The Labute approximate surface area is 130 Å². The van der Waals surface area contributed by atoms with Crippen molar-refractivity contribution in [2.24, 2.45) is 0 Å². The minimum Gasteiger partial charge on any atom is -0.399 e. The van der Waals surface area contributed by atoms with Crippen LogP contribution in [-0.2, 0) is 14.8 Å². The van der Waals surface area contributed by atoms with Crippen molar-refractivity contribution in [1.29, 1.82) is 0 Å². The van der Waals surface area contributed by atoms with E-state index in [0.29, 0.717) is 24.6 Å². The molecule has 3 N–H and O–H groups in total. The molecule has 2 rings (SSSR count). The minimum absolute atomic E-state index is 0.0859. The summed E-state index contributed by atoms with van der Waals surface area (Å²) in [4.78, 5) is 0.983. The predicted molar refractivity (Wildman–Crippen MR) is 87.0 cm³/mol. The van der Waals surface area contributed by atoms with Crippen molar-refractivity contribution < 1.29 is 13.2 Å². The fourth-order valence-corrected chi connectivity index (χ4v) is 4.70. The summed E-state index contributed by atoms with van der Waals surface area (Å²) in [5.74, 6) is 0.582. The van der Waals surface area contributed by atoms with Gasteiger partial charge in [0.05, 0.1) is 11.4 Å². The van der Waals surface area contributed by atoms with E-state index >= 15 is 0 Å². The van der Waals surface area contributed by atoms with Gasteiger partial charge in [0.2, 0.25) is 10.0 Å². The van der Waals surface area contributed by atoms with Crippen molar-refractivity contribution in [3.05, 3.63) is 24.3 Å². The predicted octanol–water partition coefficient (Wildman–Crippen LogP) is 1.85. The van der Waals surface area contributed by atoms with Crippen LogP contribution in [0.4, 0.5) is 5.69 Å². The normalized spacial score (nSPS) is 22.5. The summed E-state index contributed by atoms with van der Waals surface area (Å²) < 4.78 is 32.2. The topological polar surface area (TPSA) is 81.4 Å². The van der Waals surface area contributed by atoms with Gasteiger partial charge in [0.15, 0.2) is 0 Å². The lowest BCUT2D eigenvalue weighted by atomic mass is 10.0. The molecule has 5 nitrogen and oxygen atoms in total. The maximum absolute atomic E-state index is 12.0. The van der Waals surface area contributed by atoms with E-state index in [1.807, 2.05) is 31.2 Å². The van der Waals surface area contributed by atoms with E-state index in [1.54, 1.807) is 0 Å². The average Bonchev–Trinajstić information content (AvgIpc) is 2.84. The molecule has 1 saturated heterocycles. The van der Waals surface area contributed by atoms with Crippen LogP contribution >= 0.6 is 11.8 Å². The van der Waals surface area contributed by atoms with E-state index in [1.165, 1.54) is 11.8 Å². The number of ether oxygens (including phenoxy) is 1. The Bertz CT molecular complexity index is 569. The van der Waals surface area contributed by atoms with E-state index in [4.69, 9.17) is 10.5 Å². The molecule has 0 amide bonds. The molecule has 1 aromatic rings. The van der Waals surface area contributed by atoms with Crippen molar-refractivity contribution in [3.63, 3.8) is 0 Å². The van der Waals surface area contributed by atoms with Crippen LogP contribution < -0.4 is 10.5 Å². The molecule has 7 heteroatoms. The highest BCUT2D eigenvalue weighted by Crippen LogP contribution is 2.24. The van der Waals surface area contributed by atoms with Crippen molar-refractivity contribution in [1.82, 2.24) is 4.72 Å². The molecule has 1 unspecified atom stereocenters. The molecule has 0 saturated carbocycles. The molecule has 0 aliphatic carbocycles. The van der Waals surface area contributed by atoms with Gasteiger partial charge in [0.1, 0.15) is 0 Å². The molecule has 21 heavy (non-hydrogen) atoms. The maximum atomic E-state index is 12.0. The lowest BCUT2D eigenvalue weighted by Crippen LogP contribution is -2.41. The number of hydrogen-bond acceptors (Lipinski definition) is 5. The lowest BCUT2D eigenvalue weighted by Gasteiger charge is -2.23. The first-order valence-electron chi connectivity index (χ1n) is 6.98. The van der Waals surface area contributed by atoms with Gasteiger partial charge in [-0.3, -0.25) is 0 Å². The number of anilines is 1. The van der Waals surface area contributed by atoms with E-state index in [9.17, 15) is 8.42 Å². The molecule has 0 aromatic heterocycles. The number of nitrogens with two attached hydrogens (primary N) is 1. The first kappa shape index (κ1) is 16.6. The first-order valence-corrected chi connectivity index (χ1v) is 9.62. The summed E-state index contributed by atoms with van der Waals surface area (Å²) in [7, 11) is -3.27. The van der Waals surface area contributed by atoms with Gasteiger partial charge in [0.25, 0.3) is 0 Å². The van der Waals surface area contributed by atoms with E-state index in [-0.39, 0.29) is 11.4 Å². The maximum Gasteiger partial charge on any atom is 0.212 e. The lowest BCUT2D eigenvalue weighted by molar-refractivity contribution is 0.0250. The zero-order chi connectivity index (χ0) is 15.3. The van der Waals surface area contributed by atoms with Gasteiger partial charge in [-0.15, -0.1) is 11.8 Å². The molecular formula is C14H22N2O3S2. The third kappa shape index (κ3) is 5.50. The molecule has 1 heterocycles. The molecule has 0 spiro atoms. The Hall–Kier alpha value is -0.760. The standard InChI is InChI=1S/C14H22N2O3S2/c1-14(6-3-7-19-14)11-16-21(17,18)9-8-20-13-5-2-4-12(15)10-13/h2,4-5,10,16H,3,6-9,11,15H2,1H3. The van der Waals surface area contributed by atoms with Gasteiger partial charge in [-0.25, -0.2) is 13.1 Å². The monoisotopic (exact) mass is 330 g/mol. The summed E-state index contributed by atoms with van der Waals surface area (Å²) >= 11 is 1.49. The van der Waals surface area contributed by atoms with Crippen molar-refractivity contribution in [2.45, 2.75) is 30.3 Å². The smallest absolute Gasteiger partial charge is 0.212 e. The van der Waals surface area contributed by atoms with E-state index in [0.717, 1.165) is 17.7 Å². The molecule has 1 fully saturated rings. The molecule has 1 aliphatic rings. The van der Waals surface area contributed by atoms with Gasteiger partial charge in [-0.2, -0.15) is 0 Å². The highest BCUT2D eigenvalue weighted by atomic mass is 32.2. The quantitative estimate of drug-likeness (QED) is 0.589. The van der Waals surface area contributed by atoms with Crippen molar-refractivity contribution in [3.8, 4) is 0 Å². The van der Waals surface area contributed by atoms with Gasteiger partial charge in [0, 0.05) is 29.5 Å². The Morgan fingerprint density at radius 2 is 2.29 bits per heavy atom. The SMILES string of the molecule is CC1(CNS(=O)(=O)CCSc2cccc(N)c2)CCCO1. The van der Waals surface area contributed by atoms with Crippen LogP contribution in [0.3, 0.4) is 0 Å². The summed E-state index contributed by atoms with van der Waals surface area (Å²) in [6, 6.07) is 7.44. The molecule has 0 radical (unpaired) electrons. The van der Waals surface area contributed by atoms with Crippen molar-refractivity contribution >= 4 is 27.5 Å². The Balaban J connectivity index is 1.76. The molecule has 0 bridgehead atoms. The average molecular weight is 330 g/mol. The molecule has 1 aliphatic heterocycles. The summed E-state index contributed by atoms with van der Waals surface area (Å²) in [6.45, 7) is 3.01. The van der Waals surface area contributed by atoms with Crippen molar-refractivity contribution in [2.75, 3.05) is 30.4 Å². The Kier molecular flexibility index (Phi) is 5.54. The third-order valence-corrected chi connectivity index (χ3v) is 6.03. The highest BCUT2D eigenvalue weighted by Gasteiger charge is 2.30. The van der Waals surface area contributed by atoms with Gasteiger partial charge in [-0.1, -0.05) is 6.07 Å². The zero-order valence-electron chi connectivity index (χ0n) is 12.2. The minimum atomic E-state index is -3.27. The second-order valence-electron chi connectivity index (χ2n) is 5.46. The van der Waals surface area contributed by atoms with Gasteiger partial charge in [-0.05, 0) is 38.0 Å². The van der Waals surface area contributed by atoms with Gasteiger partial charge >= 0.3 is 0 Å². The van der Waals surface area contributed by atoms with Crippen LogP contribution in [0.1, 0.15) is 19.8 Å². The fourth-order valence-electron chi connectivity index (χ4n) is 2.18. The highest BCUT2D eigenvalue weighted by molar-refractivity contribution is 8.00. The van der Waals surface area contributed by atoms with Crippen LogP contribution in [-0.4, -0.2) is 38.7 Å². The van der Waals surface area contributed by atoms with Crippen LogP contribution in [0.25, 0.3) is 0 Å². The molecular weight excluding hydrogens is 308 g/mol. The molecule has 1 aromatic carbocycles. The van der Waals surface area contributed by atoms with Crippen LogP contribution in [0, 0.1) is 0 Å². The fraction of sp³-hybridized carbons (Fsp3) is 0.571. The van der Waals surface area contributed by atoms with E-state index in [2.05, 4.69) is 4.72 Å². The number of nitrogens with one attached hydrogen (secondary N) is 1. The van der Waals surface area contributed by atoms with Crippen LogP contribution in [0.2, 0.25) is 0 Å². The first-order chi connectivity index (χ1) is 9.89. The zero-order valence-corrected chi connectivity index (χ0v) is 13.8. The van der Waals surface area contributed by atoms with Crippen LogP contribution in [0.15, 0.2) is 29.2 Å². The molecule has 1 atom stereocenters. The third-order valence-electron chi connectivity index (χ3n) is 3.45. The van der Waals surface area contributed by atoms with Crippen LogP contribution in [0.5, 0.6) is 0 Å². The summed E-state index contributed by atoms with van der Waals surface area (Å²) in [6.07, 6.45) is 1.89. The second-order valence-corrected chi connectivity index (χ2v) is 8.56. The largest absolute Gasteiger partial charge is 0.399 e. The summed E-state index contributed by atoms with van der Waals surface area (Å²) in [5, 5.41) is 0. The number of benzene rings is 1. The molecule has 118 valence electrons.